The quantitative estimate of drug-likeness (QED) is 0.600. The highest BCUT2D eigenvalue weighted by molar-refractivity contribution is 5.01. The summed E-state index contributed by atoms with van der Waals surface area (Å²) < 4.78 is 0. The van der Waals surface area contributed by atoms with Crippen molar-refractivity contribution < 1.29 is 0 Å². The van der Waals surface area contributed by atoms with Crippen LogP contribution >= 0.6 is 0 Å². The van der Waals surface area contributed by atoms with Gasteiger partial charge >= 0.3 is 0 Å². The summed E-state index contributed by atoms with van der Waals surface area (Å²) in [7, 11) is 0. The molecule has 0 aromatic rings. The highest BCUT2D eigenvalue weighted by Crippen LogP contribution is 2.05. The van der Waals surface area contributed by atoms with Gasteiger partial charge in [0.1, 0.15) is 0 Å². The van der Waals surface area contributed by atoms with Gasteiger partial charge in [0, 0.05) is 17.9 Å². The second-order valence-corrected chi connectivity index (χ2v) is 2.75. The van der Waals surface area contributed by atoms with Crippen LogP contribution in [0.25, 0.3) is 0 Å². The first-order valence-corrected chi connectivity index (χ1v) is 3.74. The molecule has 0 atom stereocenters. The van der Waals surface area contributed by atoms with Crippen molar-refractivity contribution in [1.82, 2.24) is 16.0 Å². The average Bonchev–Trinajstić information content (AvgIpc) is 2.34. The van der Waals surface area contributed by atoms with E-state index in [-0.39, 0.29) is 0 Å². The standard InChI is InChI=1S/C7H15N3/c1-4-7-5-10(6(2)3)9-8-7/h5-6,8-9H,4H2,1-3H3. The molecule has 0 radical (unpaired) electrons. The van der Waals surface area contributed by atoms with Crippen LogP contribution in [-0.2, 0) is 0 Å². The SMILES string of the molecule is CCC1=CN(C(C)C)NN1. The molecule has 0 fully saturated rings. The number of hydrogen-bond acceptors (Lipinski definition) is 3. The van der Waals surface area contributed by atoms with E-state index in [1.807, 2.05) is 0 Å². The summed E-state index contributed by atoms with van der Waals surface area (Å²) in [4.78, 5) is 0. The molecular weight excluding hydrogens is 126 g/mol. The molecule has 0 spiro atoms. The summed E-state index contributed by atoms with van der Waals surface area (Å²) >= 11 is 0. The Morgan fingerprint density at radius 1 is 1.60 bits per heavy atom. The highest BCUT2D eigenvalue weighted by atomic mass is 15.7. The predicted molar refractivity (Wildman–Crippen MR) is 41.6 cm³/mol. The molecule has 1 heterocycles. The van der Waals surface area contributed by atoms with Crippen LogP contribution in [0.5, 0.6) is 0 Å². The third kappa shape index (κ3) is 1.42. The van der Waals surface area contributed by atoms with Gasteiger partial charge < -0.3 is 5.43 Å². The van der Waals surface area contributed by atoms with Gasteiger partial charge in [-0.05, 0) is 20.3 Å². The molecule has 0 aromatic carbocycles. The lowest BCUT2D eigenvalue weighted by atomic mass is 10.3. The second kappa shape index (κ2) is 2.92. The maximum atomic E-state index is 3.07. The van der Waals surface area contributed by atoms with Crippen LogP contribution in [0, 0.1) is 0 Å². The average molecular weight is 141 g/mol. The van der Waals surface area contributed by atoms with E-state index in [1.165, 1.54) is 5.70 Å². The lowest BCUT2D eigenvalue weighted by molar-refractivity contribution is 0.221. The highest BCUT2D eigenvalue weighted by Gasteiger charge is 2.10. The fraction of sp³-hybridized carbons (Fsp3) is 0.714. The molecule has 0 aliphatic carbocycles. The van der Waals surface area contributed by atoms with E-state index in [0.29, 0.717) is 6.04 Å². The maximum absolute atomic E-state index is 3.07. The van der Waals surface area contributed by atoms with E-state index < -0.39 is 0 Å². The minimum atomic E-state index is 0.511. The number of nitrogens with one attached hydrogen (secondary N) is 2. The molecule has 0 bridgehead atoms. The van der Waals surface area contributed by atoms with E-state index >= 15 is 0 Å². The van der Waals surface area contributed by atoms with Crippen molar-refractivity contribution in [2.75, 3.05) is 0 Å². The van der Waals surface area contributed by atoms with Crippen LogP contribution in [0.15, 0.2) is 11.9 Å². The molecule has 1 aliphatic rings. The first kappa shape index (κ1) is 7.41. The van der Waals surface area contributed by atoms with Crippen LogP contribution in [0.2, 0.25) is 0 Å². The molecule has 0 saturated heterocycles. The zero-order valence-corrected chi connectivity index (χ0v) is 6.81. The van der Waals surface area contributed by atoms with E-state index in [2.05, 4.69) is 42.9 Å². The molecule has 0 amide bonds. The summed E-state index contributed by atoms with van der Waals surface area (Å²) in [5, 5.41) is 2.05. The van der Waals surface area contributed by atoms with Crippen molar-refractivity contribution in [1.29, 1.82) is 0 Å². The lowest BCUT2D eigenvalue weighted by Crippen LogP contribution is -2.40. The number of rotatable bonds is 2. The Labute approximate surface area is 62.0 Å². The molecule has 0 unspecified atom stereocenters. The van der Waals surface area contributed by atoms with Crippen LogP contribution in [-0.4, -0.2) is 11.1 Å². The second-order valence-electron chi connectivity index (χ2n) is 2.75. The first-order valence-electron chi connectivity index (χ1n) is 3.74. The summed E-state index contributed by atoms with van der Waals surface area (Å²) in [6.45, 7) is 6.41. The molecular formula is C7H15N3. The van der Waals surface area contributed by atoms with Crippen LogP contribution in [0.1, 0.15) is 27.2 Å². The molecule has 10 heavy (non-hydrogen) atoms. The first-order chi connectivity index (χ1) is 4.74. The topological polar surface area (TPSA) is 27.3 Å². The number of hydrogen-bond donors (Lipinski definition) is 2. The van der Waals surface area contributed by atoms with Crippen molar-refractivity contribution in [3.63, 3.8) is 0 Å². The number of hydrazine groups is 2. The predicted octanol–water partition coefficient (Wildman–Crippen LogP) is 0.971. The van der Waals surface area contributed by atoms with Gasteiger partial charge in [-0.1, -0.05) is 6.92 Å². The Kier molecular flexibility index (Phi) is 2.17. The lowest BCUT2D eigenvalue weighted by Gasteiger charge is -2.18. The van der Waals surface area contributed by atoms with Crippen LogP contribution in [0.3, 0.4) is 0 Å². The number of nitrogens with zero attached hydrogens (tertiary/aromatic N) is 1. The van der Waals surface area contributed by atoms with Crippen LogP contribution < -0.4 is 11.0 Å². The van der Waals surface area contributed by atoms with E-state index in [4.69, 9.17) is 0 Å². The molecule has 3 heteroatoms. The monoisotopic (exact) mass is 141 g/mol. The molecule has 1 aliphatic heterocycles. The van der Waals surface area contributed by atoms with Gasteiger partial charge in [-0.2, -0.15) is 0 Å². The fourth-order valence-electron chi connectivity index (χ4n) is 0.827. The third-order valence-electron chi connectivity index (χ3n) is 1.58. The zero-order chi connectivity index (χ0) is 7.56. The number of allylic oxidation sites excluding steroid dienone is 1. The third-order valence-corrected chi connectivity index (χ3v) is 1.58. The Hall–Kier alpha value is -0.700. The maximum Gasteiger partial charge on any atom is 0.0450 e. The van der Waals surface area contributed by atoms with Gasteiger partial charge in [0.15, 0.2) is 0 Å². The van der Waals surface area contributed by atoms with Gasteiger partial charge in [0.2, 0.25) is 0 Å². The Balaban J connectivity index is 2.47. The van der Waals surface area contributed by atoms with Crippen LogP contribution in [0.4, 0.5) is 0 Å². The van der Waals surface area contributed by atoms with Gasteiger partial charge in [-0.3, -0.25) is 5.01 Å². The van der Waals surface area contributed by atoms with Crippen molar-refractivity contribution >= 4 is 0 Å². The van der Waals surface area contributed by atoms with E-state index in [0.717, 1.165) is 6.42 Å². The fourth-order valence-corrected chi connectivity index (χ4v) is 0.827. The van der Waals surface area contributed by atoms with Gasteiger partial charge in [-0.25, -0.2) is 0 Å². The van der Waals surface area contributed by atoms with Crippen molar-refractivity contribution in [3.05, 3.63) is 11.9 Å². The molecule has 1 rings (SSSR count). The summed E-state index contributed by atoms with van der Waals surface area (Å²) in [5.74, 6) is 0. The largest absolute Gasteiger partial charge is 0.306 e. The summed E-state index contributed by atoms with van der Waals surface area (Å²) in [6, 6.07) is 0.511. The summed E-state index contributed by atoms with van der Waals surface area (Å²) in [6.07, 6.45) is 3.15. The Morgan fingerprint density at radius 3 is 2.60 bits per heavy atom. The van der Waals surface area contributed by atoms with Gasteiger partial charge in [0.05, 0.1) is 0 Å². The van der Waals surface area contributed by atoms with Crippen molar-refractivity contribution in [3.8, 4) is 0 Å². The molecule has 0 aromatic heterocycles. The molecule has 0 saturated carbocycles. The van der Waals surface area contributed by atoms with Crippen molar-refractivity contribution in [2.24, 2.45) is 0 Å². The minimum Gasteiger partial charge on any atom is -0.306 e. The normalized spacial score (nSPS) is 17.6. The molecule has 58 valence electrons. The van der Waals surface area contributed by atoms with Crippen molar-refractivity contribution in [2.45, 2.75) is 33.2 Å². The smallest absolute Gasteiger partial charge is 0.0450 e. The Bertz CT molecular complexity index is 140. The Morgan fingerprint density at radius 2 is 2.30 bits per heavy atom. The summed E-state index contributed by atoms with van der Waals surface area (Å²) in [5.41, 5.74) is 7.37. The minimum absolute atomic E-state index is 0.511. The van der Waals surface area contributed by atoms with Gasteiger partial charge in [0.25, 0.3) is 0 Å². The van der Waals surface area contributed by atoms with E-state index in [1.54, 1.807) is 0 Å². The molecule has 3 nitrogen and oxygen atoms in total. The van der Waals surface area contributed by atoms with E-state index in [9.17, 15) is 0 Å². The van der Waals surface area contributed by atoms with Gasteiger partial charge in [-0.15, -0.1) is 5.53 Å². The molecule has 2 N–H and O–H groups in total. The zero-order valence-electron chi connectivity index (χ0n) is 6.81.